The lowest BCUT2D eigenvalue weighted by Gasteiger charge is -2.34. The van der Waals surface area contributed by atoms with E-state index in [4.69, 9.17) is 9.72 Å². The van der Waals surface area contributed by atoms with Gasteiger partial charge in [-0.15, -0.1) is 0 Å². The zero-order valence-corrected chi connectivity index (χ0v) is 22.5. The molecule has 6 nitrogen and oxygen atoms in total. The van der Waals surface area contributed by atoms with Crippen molar-refractivity contribution in [2.24, 2.45) is 0 Å². The van der Waals surface area contributed by atoms with E-state index in [1.54, 1.807) is 12.4 Å². The van der Waals surface area contributed by atoms with Crippen molar-refractivity contribution in [2.45, 2.75) is 60.0 Å². The molecule has 0 unspecified atom stereocenters. The van der Waals surface area contributed by atoms with E-state index in [9.17, 15) is 4.79 Å². The van der Waals surface area contributed by atoms with Crippen LogP contribution in [-0.2, 0) is 23.2 Å². The normalized spacial score (nSPS) is 13.9. The molecule has 1 aromatic heterocycles. The van der Waals surface area contributed by atoms with E-state index < -0.39 is 11.6 Å². The van der Waals surface area contributed by atoms with Gasteiger partial charge in [-0.3, -0.25) is 4.98 Å². The summed E-state index contributed by atoms with van der Waals surface area (Å²) in [6, 6.07) is 13.0. The van der Waals surface area contributed by atoms with Gasteiger partial charge in [-0.2, -0.15) is 0 Å². The smallest absolute Gasteiger partial charge is 0.360 e. The van der Waals surface area contributed by atoms with Crippen LogP contribution in [0.2, 0.25) is 0 Å². The Morgan fingerprint density at radius 3 is 1.64 bits per heavy atom. The van der Waals surface area contributed by atoms with Gasteiger partial charge < -0.3 is 14.5 Å². The number of hydrogen-bond acceptors (Lipinski definition) is 6. The number of aryl methyl sites for hydroxylation is 2. The lowest BCUT2D eigenvalue weighted by Crippen LogP contribution is -2.33. The molecular formula is C30H38N4O2. The van der Waals surface area contributed by atoms with Crippen molar-refractivity contribution >= 4 is 17.3 Å². The fourth-order valence-electron chi connectivity index (χ4n) is 5.49. The Labute approximate surface area is 215 Å². The van der Waals surface area contributed by atoms with Gasteiger partial charge in [0, 0.05) is 61.1 Å². The predicted molar refractivity (Wildman–Crippen MR) is 146 cm³/mol. The number of nitrogens with zero attached hydrogens (tertiary/aromatic N) is 4. The van der Waals surface area contributed by atoms with E-state index in [1.807, 2.05) is 0 Å². The summed E-state index contributed by atoms with van der Waals surface area (Å²) in [5.74, 6) is -0.428. The largest absolute Gasteiger partial charge is 0.438 e. The number of aromatic nitrogens is 2. The van der Waals surface area contributed by atoms with Gasteiger partial charge in [0.1, 0.15) is 5.69 Å². The number of anilines is 2. The lowest BCUT2D eigenvalue weighted by molar-refractivity contribution is 0.0236. The molecule has 1 aliphatic heterocycles. The van der Waals surface area contributed by atoms with Gasteiger partial charge in [-0.25, -0.2) is 9.78 Å². The summed E-state index contributed by atoms with van der Waals surface area (Å²) in [4.78, 5) is 27.0. The zero-order chi connectivity index (χ0) is 25.9. The first-order valence-electron chi connectivity index (χ1n) is 13.3. The van der Waals surface area contributed by atoms with Crippen molar-refractivity contribution in [1.29, 1.82) is 0 Å². The van der Waals surface area contributed by atoms with Crippen molar-refractivity contribution in [1.82, 2.24) is 9.97 Å². The first kappa shape index (κ1) is 25.7. The van der Waals surface area contributed by atoms with Crippen molar-refractivity contribution in [3.63, 3.8) is 0 Å². The predicted octanol–water partition coefficient (Wildman–Crippen LogP) is 5.76. The average Bonchev–Trinajstić information content (AvgIpc) is 3.22. The molecule has 2 aromatic carbocycles. The fraction of sp³-hybridized carbons (Fsp3) is 0.433. The third-order valence-electron chi connectivity index (χ3n) is 7.43. The minimum absolute atomic E-state index is 0.294. The Balaban J connectivity index is 2.02. The van der Waals surface area contributed by atoms with E-state index >= 15 is 0 Å². The van der Waals surface area contributed by atoms with Crippen molar-refractivity contribution in [2.75, 3.05) is 36.0 Å². The Hall–Kier alpha value is -3.41. The summed E-state index contributed by atoms with van der Waals surface area (Å²) in [5, 5.41) is 0. The number of cyclic esters (lactones) is 1. The molecule has 0 aliphatic carbocycles. The summed E-state index contributed by atoms with van der Waals surface area (Å²) in [5.41, 5.74) is 6.27. The zero-order valence-electron chi connectivity index (χ0n) is 22.5. The molecule has 0 fully saturated rings. The van der Waals surface area contributed by atoms with Crippen LogP contribution in [0.15, 0.2) is 48.8 Å². The second-order valence-corrected chi connectivity index (χ2v) is 9.06. The average molecular weight is 487 g/mol. The van der Waals surface area contributed by atoms with Gasteiger partial charge in [0.2, 0.25) is 5.60 Å². The van der Waals surface area contributed by atoms with Crippen LogP contribution >= 0.6 is 0 Å². The van der Waals surface area contributed by atoms with Gasteiger partial charge in [-0.05, 0) is 75.9 Å². The van der Waals surface area contributed by atoms with Crippen LogP contribution in [0.1, 0.15) is 80.0 Å². The quantitative estimate of drug-likeness (QED) is 0.340. The maximum atomic E-state index is 13.2. The summed E-state index contributed by atoms with van der Waals surface area (Å²) in [7, 11) is 0. The Morgan fingerprint density at radius 2 is 1.19 bits per heavy atom. The van der Waals surface area contributed by atoms with Crippen molar-refractivity contribution in [3.8, 4) is 0 Å². The maximum absolute atomic E-state index is 13.2. The highest BCUT2D eigenvalue weighted by molar-refractivity contribution is 5.94. The third kappa shape index (κ3) is 4.12. The number of benzene rings is 2. The monoisotopic (exact) mass is 486 g/mol. The summed E-state index contributed by atoms with van der Waals surface area (Å²) >= 11 is 0. The standard InChI is InChI=1S/C30H38N4O2/c1-7-21-19-23(33(9-3)10-4)13-15-25(21)30(28-27(29(35)36-30)31-17-18-32-28)26-16-14-24(20-22(26)8-2)34(11-5)12-6/h13-20H,7-12H2,1-6H3. The number of fused-ring (bicyclic) bond motifs is 1. The molecule has 0 saturated carbocycles. The molecule has 36 heavy (non-hydrogen) atoms. The second kappa shape index (κ2) is 10.7. The highest BCUT2D eigenvalue weighted by Crippen LogP contribution is 2.48. The molecule has 0 radical (unpaired) electrons. The summed E-state index contributed by atoms with van der Waals surface area (Å²) < 4.78 is 6.39. The van der Waals surface area contributed by atoms with Crippen LogP contribution < -0.4 is 9.80 Å². The number of esters is 1. The SMILES string of the molecule is CCc1cc(N(CC)CC)ccc1C1(c2ccc(N(CC)CC)cc2CC)OC(=O)c2nccnc21. The molecule has 6 heteroatoms. The van der Waals surface area contributed by atoms with Crippen LogP contribution in [0, 0.1) is 0 Å². The summed E-state index contributed by atoms with van der Waals surface area (Å²) in [6.45, 7) is 16.7. The van der Waals surface area contributed by atoms with E-state index in [1.165, 1.54) is 11.4 Å². The van der Waals surface area contributed by atoms with Crippen molar-refractivity contribution in [3.05, 3.63) is 82.4 Å². The van der Waals surface area contributed by atoms with Gasteiger partial charge in [0.15, 0.2) is 5.69 Å². The van der Waals surface area contributed by atoms with Crippen LogP contribution in [-0.4, -0.2) is 42.1 Å². The van der Waals surface area contributed by atoms with Crippen LogP contribution in [0.25, 0.3) is 0 Å². The Bertz CT molecular complexity index is 1170. The van der Waals surface area contributed by atoms with E-state index in [0.717, 1.165) is 61.3 Å². The number of hydrogen-bond donors (Lipinski definition) is 0. The molecule has 0 bridgehead atoms. The van der Waals surface area contributed by atoms with E-state index in [0.29, 0.717) is 11.4 Å². The molecule has 190 valence electrons. The molecule has 0 N–H and O–H groups in total. The summed E-state index contributed by atoms with van der Waals surface area (Å²) in [6.07, 6.45) is 4.82. The van der Waals surface area contributed by atoms with Crippen LogP contribution in [0.5, 0.6) is 0 Å². The first-order chi connectivity index (χ1) is 17.5. The molecule has 0 spiro atoms. The van der Waals surface area contributed by atoms with Crippen molar-refractivity contribution < 1.29 is 9.53 Å². The molecule has 4 rings (SSSR count). The Kier molecular flexibility index (Phi) is 7.62. The number of rotatable bonds is 10. The molecule has 0 saturated heterocycles. The maximum Gasteiger partial charge on any atom is 0.360 e. The number of ether oxygens (including phenoxy) is 1. The topological polar surface area (TPSA) is 58.6 Å². The van der Waals surface area contributed by atoms with Gasteiger partial charge in [0.25, 0.3) is 0 Å². The Morgan fingerprint density at radius 1 is 0.722 bits per heavy atom. The third-order valence-corrected chi connectivity index (χ3v) is 7.43. The molecule has 0 amide bonds. The number of carbonyl (C=O) groups is 1. The fourth-order valence-corrected chi connectivity index (χ4v) is 5.49. The lowest BCUT2D eigenvalue weighted by atomic mass is 9.78. The van der Waals surface area contributed by atoms with E-state index in [2.05, 4.69) is 92.7 Å². The molecule has 3 aromatic rings. The van der Waals surface area contributed by atoms with Gasteiger partial charge in [0.05, 0.1) is 0 Å². The van der Waals surface area contributed by atoms with Gasteiger partial charge >= 0.3 is 5.97 Å². The molecular weight excluding hydrogens is 448 g/mol. The molecule has 0 atom stereocenters. The van der Waals surface area contributed by atoms with Gasteiger partial charge in [-0.1, -0.05) is 26.0 Å². The second-order valence-electron chi connectivity index (χ2n) is 9.06. The minimum Gasteiger partial charge on any atom is -0.438 e. The first-order valence-corrected chi connectivity index (χ1v) is 13.3. The molecule has 1 aliphatic rings. The molecule has 2 heterocycles. The number of carbonyl (C=O) groups excluding carboxylic acids is 1. The van der Waals surface area contributed by atoms with Crippen LogP contribution in [0.3, 0.4) is 0 Å². The van der Waals surface area contributed by atoms with E-state index in [-0.39, 0.29) is 0 Å². The minimum atomic E-state index is -1.14. The van der Waals surface area contributed by atoms with Crippen LogP contribution in [0.4, 0.5) is 11.4 Å². The highest BCUT2D eigenvalue weighted by Gasteiger charge is 2.52. The highest BCUT2D eigenvalue weighted by atomic mass is 16.6.